The van der Waals surface area contributed by atoms with Crippen LogP contribution in [0.3, 0.4) is 0 Å². The molecule has 31 heavy (non-hydrogen) atoms. The largest absolute Gasteiger partial charge is 0.508 e. The molecule has 166 valence electrons. The highest BCUT2D eigenvalue weighted by atomic mass is 16.3. The maximum absolute atomic E-state index is 9.88. The number of phenolic OH excluding ortho intramolecular Hbond substituents is 1. The molecule has 2 aromatic carbocycles. The van der Waals surface area contributed by atoms with E-state index in [0.29, 0.717) is 24.3 Å². The average molecular weight is 422 g/mol. The lowest BCUT2D eigenvalue weighted by Gasteiger charge is -2.29. The highest BCUT2D eigenvalue weighted by Gasteiger charge is 2.22. The number of hydrogen-bond donors (Lipinski definition) is 3. The standard InChI is InChI=1S/C24H31N5O.CH4/c1-29(2)23-20-8-4-5-9-21(20)27-24(28-23)26-19-13-11-17(12-14-19)15-25-16-18-7-3-6-10-22(18)30;/h3-10,17,19,25,30H,11-16H2,1-2H3,(H,26,27,28);1H4. The third-order valence-electron chi connectivity index (χ3n) is 5.93. The van der Waals surface area contributed by atoms with Crippen LogP contribution in [-0.4, -0.2) is 41.8 Å². The number of nitrogens with zero attached hydrogens (tertiary/aromatic N) is 3. The van der Waals surface area contributed by atoms with Crippen LogP contribution in [0.1, 0.15) is 38.7 Å². The molecule has 1 heterocycles. The summed E-state index contributed by atoms with van der Waals surface area (Å²) >= 11 is 0. The summed E-state index contributed by atoms with van der Waals surface area (Å²) < 4.78 is 0. The third kappa shape index (κ3) is 5.64. The molecule has 0 radical (unpaired) electrons. The van der Waals surface area contributed by atoms with Gasteiger partial charge in [0.15, 0.2) is 0 Å². The Labute approximate surface area is 185 Å². The van der Waals surface area contributed by atoms with Gasteiger partial charge in [0, 0.05) is 37.6 Å². The summed E-state index contributed by atoms with van der Waals surface area (Å²) in [6.45, 7) is 1.70. The van der Waals surface area contributed by atoms with Crippen molar-refractivity contribution in [2.45, 2.75) is 45.7 Å². The predicted molar refractivity (Wildman–Crippen MR) is 130 cm³/mol. The first kappa shape index (κ1) is 22.8. The predicted octanol–water partition coefficient (Wildman–Crippen LogP) is 4.80. The van der Waals surface area contributed by atoms with E-state index in [4.69, 9.17) is 9.97 Å². The van der Waals surface area contributed by atoms with Crippen molar-refractivity contribution in [1.82, 2.24) is 15.3 Å². The minimum Gasteiger partial charge on any atom is -0.508 e. The molecule has 1 saturated carbocycles. The molecule has 6 heteroatoms. The fraction of sp³-hybridized carbons (Fsp3) is 0.440. The summed E-state index contributed by atoms with van der Waals surface area (Å²) in [4.78, 5) is 11.6. The van der Waals surface area contributed by atoms with Crippen molar-refractivity contribution in [3.63, 3.8) is 0 Å². The minimum atomic E-state index is 0. The fourth-order valence-corrected chi connectivity index (χ4v) is 4.23. The van der Waals surface area contributed by atoms with Gasteiger partial charge in [0.1, 0.15) is 11.6 Å². The Morgan fingerprint density at radius 2 is 1.68 bits per heavy atom. The van der Waals surface area contributed by atoms with Gasteiger partial charge in [-0.2, -0.15) is 4.98 Å². The summed E-state index contributed by atoms with van der Waals surface area (Å²) in [5, 5.41) is 18.0. The summed E-state index contributed by atoms with van der Waals surface area (Å²) in [7, 11) is 4.04. The Hall–Kier alpha value is -2.86. The topological polar surface area (TPSA) is 73.3 Å². The number of nitrogens with one attached hydrogen (secondary N) is 2. The first-order valence-electron chi connectivity index (χ1n) is 10.8. The second-order valence-corrected chi connectivity index (χ2v) is 8.40. The molecule has 1 fully saturated rings. The van der Waals surface area contributed by atoms with E-state index in [1.165, 1.54) is 12.8 Å². The van der Waals surface area contributed by atoms with E-state index >= 15 is 0 Å². The van der Waals surface area contributed by atoms with Gasteiger partial charge >= 0.3 is 0 Å². The molecule has 0 saturated heterocycles. The quantitative estimate of drug-likeness (QED) is 0.509. The van der Waals surface area contributed by atoms with Crippen LogP contribution in [0, 0.1) is 5.92 Å². The molecule has 1 aliphatic rings. The molecule has 3 aromatic rings. The number of para-hydroxylation sites is 2. The van der Waals surface area contributed by atoms with E-state index in [2.05, 4.69) is 16.7 Å². The van der Waals surface area contributed by atoms with Gasteiger partial charge in [0.05, 0.1) is 5.52 Å². The van der Waals surface area contributed by atoms with Crippen LogP contribution in [-0.2, 0) is 6.54 Å². The Morgan fingerprint density at radius 3 is 2.42 bits per heavy atom. The van der Waals surface area contributed by atoms with Gasteiger partial charge in [-0.15, -0.1) is 0 Å². The van der Waals surface area contributed by atoms with Crippen molar-refractivity contribution >= 4 is 22.7 Å². The number of phenols is 1. The second kappa shape index (κ2) is 10.4. The van der Waals surface area contributed by atoms with Crippen LogP contribution >= 0.6 is 0 Å². The zero-order valence-electron chi connectivity index (χ0n) is 17.8. The molecule has 0 unspecified atom stereocenters. The van der Waals surface area contributed by atoms with Crippen LogP contribution in [0.25, 0.3) is 10.9 Å². The van der Waals surface area contributed by atoms with Crippen molar-refractivity contribution in [3.05, 3.63) is 54.1 Å². The lowest BCUT2D eigenvalue weighted by Crippen LogP contribution is -2.31. The third-order valence-corrected chi connectivity index (χ3v) is 5.93. The van der Waals surface area contributed by atoms with E-state index in [1.807, 2.05) is 55.4 Å². The van der Waals surface area contributed by atoms with Crippen LogP contribution in [0.2, 0.25) is 0 Å². The maximum atomic E-state index is 9.88. The molecule has 0 spiro atoms. The molecule has 6 nitrogen and oxygen atoms in total. The van der Waals surface area contributed by atoms with Crippen molar-refractivity contribution in [3.8, 4) is 5.75 Å². The van der Waals surface area contributed by atoms with Crippen LogP contribution in [0.5, 0.6) is 5.75 Å². The number of fused-ring (bicyclic) bond motifs is 1. The van der Waals surface area contributed by atoms with Crippen LogP contribution < -0.4 is 15.5 Å². The monoisotopic (exact) mass is 421 g/mol. The highest BCUT2D eigenvalue weighted by molar-refractivity contribution is 5.90. The molecule has 0 atom stereocenters. The van der Waals surface area contributed by atoms with E-state index < -0.39 is 0 Å². The van der Waals surface area contributed by atoms with Gasteiger partial charge in [-0.05, 0) is 56.3 Å². The average Bonchev–Trinajstić information content (AvgIpc) is 2.75. The fourth-order valence-electron chi connectivity index (χ4n) is 4.23. The molecule has 0 amide bonds. The van der Waals surface area contributed by atoms with Crippen LogP contribution in [0.4, 0.5) is 11.8 Å². The van der Waals surface area contributed by atoms with Gasteiger partial charge in [0.2, 0.25) is 5.95 Å². The molecule has 3 N–H and O–H groups in total. The number of benzene rings is 2. The Kier molecular flexibility index (Phi) is 7.69. The molecule has 4 rings (SSSR count). The number of hydrogen-bond acceptors (Lipinski definition) is 6. The van der Waals surface area contributed by atoms with Crippen molar-refractivity contribution in [2.75, 3.05) is 30.9 Å². The lowest BCUT2D eigenvalue weighted by molar-refractivity contribution is 0.323. The second-order valence-electron chi connectivity index (χ2n) is 8.40. The number of aromatic hydroxyl groups is 1. The normalized spacial score (nSPS) is 18.4. The Balaban J connectivity index is 0.00000272. The highest BCUT2D eigenvalue weighted by Crippen LogP contribution is 2.28. The van der Waals surface area contributed by atoms with Gasteiger partial charge in [-0.3, -0.25) is 0 Å². The molecule has 1 aromatic heterocycles. The minimum absolute atomic E-state index is 0. The summed E-state index contributed by atoms with van der Waals surface area (Å²) in [5.41, 5.74) is 1.93. The van der Waals surface area contributed by atoms with Crippen molar-refractivity contribution < 1.29 is 5.11 Å². The molecule has 1 aliphatic carbocycles. The van der Waals surface area contributed by atoms with E-state index in [9.17, 15) is 5.11 Å². The number of rotatable bonds is 7. The Bertz CT molecular complexity index is 983. The van der Waals surface area contributed by atoms with Gasteiger partial charge in [0.25, 0.3) is 0 Å². The first-order chi connectivity index (χ1) is 14.6. The van der Waals surface area contributed by atoms with Crippen LogP contribution in [0.15, 0.2) is 48.5 Å². The van der Waals surface area contributed by atoms with Gasteiger partial charge < -0.3 is 20.6 Å². The number of aromatic nitrogens is 2. The maximum Gasteiger partial charge on any atom is 0.225 e. The number of anilines is 2. The summed E-state index contributed by atoms with van der Waals surface area (Å²) in [5.74, 6) is 2.71. The van der Waals surface area contributed by atoms with Crippen molar-refractivity contribution in [2.24, 2.45) is 5.92 Å². The van der Waals surface area contributed by atoms with E-state index in [1.54, 1.807) is 6.07 Å². The summed E-state index contributed by atoms with van der Waals surface area (Å²) in [6, 6.07) is 16.1. The summed E-state index contributed by atoms with van der Waals surface area (Å²) in [6.07, 6.45) is 4.60. The molecule has 0 bridgehead atoms. The first-order valence-corrected chi connectivity index (χ1v) is 10.8. The lowest BCUT2D eigenvalue weighted by atomic mass is 9.86. The zero-order valence-corrected chi connectivity index (χ0v) is 17.8. The molecular weight excluding hydrogens is 386 g/mol. The molecular formula is C25H35N5O. The van der Waals surface area contributed by atoms with E-state index in [-0.39, 0.29) is 7.43 Å². The van der Waals surface area contributed by atoms with Gasteiger partial charge in [-0.1, -0.05) is 37.8 Å². The van der Waals surface area contributed by atoms with Gasteiger partial charge in [-0.25, -0.2) is 4.98 Å². The van der Waals surface area contributed by atoms with E-state index in [0.717, 1.165) is 47.6 Å². The molecule has 0 aliphatic heterocycles. The Morgan fingerprint density at radius 1 is 0.968 bits per heavy atom. The smallest absolute Gasteiger partial charge is 0.225 e. The SMILES string of the molecule is C.CN(C)c1nc(NC2CCC(CNCc3ccccc3O)CC2)nc2ccccc12. The zero-order chi connectivity index (χ0) is 20.9. The van der Waals surface area contributed by atoms with Crippen molar-refractivity contribution in [1.29, 1.82) is 0 Å².